The summed E-state index contributed by atoms with van der Waals surface area (Å²) in [6.07, 6.45) is 1.48. The van der Waals surface area contributed by atoms with E-state index in [9.17, 15) is 19.2 Å². The number of imide groups is 1. The number of amides is 4. The quantitative estimate of drug-likeness (QED) is 0.123. The van der Waals surface area contributed by atoms with E-state index in [0.717, 1.165) is 4.90 Å². The maximum atomic E-state index is 13.3. The van der Waals surface area contributed by atoms with E-state index in [0.29, 0.717) is 43.7 Å². The number of nitrogens with zero attached hydrogens (tertiary/aromatic N) is 1. The highest BCUT2D eigenvalue weighted by atomic mass is 35.5. The van der Waals surface area contributed by atoms with Crippen molar-refractivity contribution >= 4 is 70.4 Å². The molecule has 0 atom stereocenters. The van der Waals surface area contributed by atoms with E-state index >= 15 is 0 Å². The highest BCUT2D eigenvalue weighted by Gasteiger charge is 2.34. The number of benzene rings is 4. The lowest BCUT2D eigenvalue weighted by Crippen LogP contribution is -2.31. The Morgan fingerprint density at radius 3 is 2.10 bits per heavy atom. The van der Waals surface area contributed by atoms with Gasteiger partial charge in [0, 0.05) is 38.5 Å². The van der Waals surface area contributed by atoms with Crippen molar-refractivity contribution < 1.29 is 19.2 Å². The molecule has 0 bridgehead atoms. The van der Waals surface area contributed by atoms with Gasteiger partial charge in [-0.05, 0) is 72.3 Å². The van der Waals surface area contributed by atoms with Gasteiger partial charge in [-0.3, -0.25) is 24.1 Å². The molecular formula is C32H23Cl2N3O4S. The second-order valence-corrected chi connectivity index (χ2v) is 11.2. The first kappa shape index (κ1) is 29.1. The second-order valence-electron chi connectivity index (χ2n) is 9.18. The zero-order chi connectivity index (χ0) is 29.6. The topological polar surface area (TPSA) is 95.6 Å². The first-order valence-corrected chi connectivity index (χ1v) is 14.6. The van der Waals surface area contributed by atoms with E-state index in [1.165, 1.54) is 22.7 Å². The molecule has 0 aromatic heterocycles. The highest BCUT2D eigenvalue weighted by Crippen LogP contribution is 2.26. The molecule has 0 aliphatic carbocycles. The fourth-order valence-corrected chi connectivity index (χ4v) is 5.55. The lowest BCUT2D eigenvalue weighted by molar-refractivity contribution is -0.113. The van der Waals surface area contributed by atoms with Crippen LogP contribution in [0, 0.1) is 0 Å². The standard InChI is InChI=1S/C32H23Cl2N3O4S/c33-22-11-10-21(27(34)19-22)18-28(36-29(38)20-6-2-1-3-7-20)30(39)35-23-12-14-24(15-13-23)42-17-16-37-31(40)25-8-4-5-9-26(25)32(37)41/h1-15,18-19H,16-17H2,(H,35,39)(H,36,38)/b28-18-. The summed E-state index contributed by atoms with van der Waals surface area (Å²) in [5.74, 6) is -1.05. The second kappa shape index (κ2) is 13.1. The number of hydrogen-bond acceptors (Lipinski definition) is 5. The molecule has 0 fully saturated rings. The normalized spacial score (nSPS) is 12.7. The average Bonchev–Trinajstić information content (AvgIpc) is 3.24. The molecule has 2 N–H and O–H groups in total. The van der Waals surface area contributed by atoms with Gasteiger partial charge in [-0.25, -0.2) is 0 Å². The number of anilines is 1. The minimum absolute atomic E-state index is 0.00697. The van der Waals surface area contributed by atoms with Crippen LogP contribution < -0.4 is 10.6 Å². The molecule has 1 aliphatic rings. The predicted molar refractivity (Wildman–Crippen MR) is 166 cm³/mol. The third-order valence-corrected chi connectivity index (χ3v) is 7.92. The molecule has 1 aliphatic heterocycles. The van der Waals surface area contributed by atoms with Gasteiger partial charge in [-0.1, -0.05) is 59.6 Å². The predicted octanol–water partition coefficient (Wildman–Crippen LogP) is 6.79. The van der Waals surface area contributed by atoms with E-state index in [4.69, 9.17) is 23.2 Å². The molecule has 4 amide bonds. The van der Waals surface area contributed by atoms with Gasteiger partial charge in [0.15, 0.2) is 0 Å². The minimum Gasteiger partial charge on any atom is -0.321 e. The first-order chi connectivity index (χ1) is 20.3. The van der Waals surface area contributed by atoms with Gasteiger partial charge in [0.2, 0.25) is 0 Å². The van der Waals surface area contributed by atoms with E-state index in [1.807, 2.05) is 12.1 Å². The largest absolute Gasteiger partial charge is 0.321 e. The molecule has 210 valence electrons. The highest BCUT2D eigenvalue weighted by molar-refractivity contribution is 7.99. The molecular weight excluding hydrogens is 593 g/mol. The Bertz CT molecular complexity index is 1670. The first-order valence-electron chi connectivity index (χ1n) is 12.8. The van der Waals surface area contributed by atoms with Crippen molar-refractivity contribution in [3.63, 3.8) is 0 Å². The third-order valence-electron chi connectivity index (χ3n) is 6.37. The summed E-state index contributed by atoms with van der Waals surface area (Å²) in [5.41, 5.74) is 2.25. The molecule has 10 heteroatoms. The van der Waals surface area contributed by atoms with Crippen LogP contribution in [0.1, 0.15) is 36.6 Å². The van der Waals surface area contributed by atoms with Crippen LogP contribution in [0.2, 0.25) is 10.0 Å². The van der Waals surface area contributed by atoms with Crippen LogP contribution in [0.3, 0.4) is 0 Å². The summed E-state index contributed by atoms with van der Waals surface area (Å²) < 4.78 is 0. The molecule has 1 heterocycles. The van der Waals surface area contributed by atoms with Gasteiger partial charge in [-0.15, -0.1) is 11.8 Å². The summed E-state index contributed by atoms with van der Waals surface area (Å²) in [7, 11) is 0. The van der Waals surface area contributed by atoms with E-state index in [-0.39, 0.29) is 24.1 Å². The molecule has 4 aromatic rings. The number of hydrogen-bond donors (Lipinski definition) is 2. The maximum absolute atomic E-state index is 13.3. The molecule has 0 unspecified atom stereocenters. The SMILES string of the molecule is O=C(Nc1ccc(SCCN2C(=O)c3ccccc3C2=O)cc1)/C(=C/c1ccc(Cl)cc1Cl)NC(=O)c1ccccc1. The molecule has 42 heavy (non-hydrogen) atoms. The Kier molecular flexibility index (Phi) is 9.07. The molecule has 0 saturated carbocycles. The van der Waals surface area contributed by atoms with Crippen molar-refractivity contribution in [2.45, 2.75) is 4.90 Å². The summed E-state index contributed by atoms with van der Waals surface area (Å²) in [5, 5.41) is 6.25. The molecule has 0 radical (unpaired) electrons. The van der Waals surface area contributed by atoms with Gasteiger partial charge >= 0.3 is 0 Å². The van der Waals surface area contributed by atoms with Crippen LogP contribution in [0.4, 0.5) is 5.69 Å². The number of rotatable bonds is 9. The molecule has 4 aromatic carbocycles. The fourth-order valence-electron chi connectivity index (χ4n) is 4.25. The van der Waals surface area contributed by atoms with E-state index < -0.39 is 11.8 Å². The van der Waals surface area contributed by atoms with Crippen molar-refractivity contribution in [2.24, 2.45) is 0 Å². The fraction of sp³-hybridized carbons (Fsp3) is 0.0625. The van der Waals surface area contributed by atoms with Crippen molar-refractivity contribution in [2.75, 3.05) is 17.6 Å². The summed E-state index contributed by atoms with van der Waals surface area (Å²) in [6.45, 7) is 0.276. The van der Waals surface area contributed by atoms with Crippen LogP contribution in [0.5, 0.6) is 0 Å². The van der Waals surface area contributed by atoms with Gasteiger partial charge < -0.3 is 10.6 Å². The van der Waals surface area contributed by atoms with Gasteiger partial charge in [0.25, 0.3) is 23.6 Å². The van der Waals surface area contributed by atoms with Crippen molar-refractivity contribution in [3.8, 4) is 0 Å². The zero-order valence-electron chi connectivity index (χ0n) is 22.0. The number of carbonyl (C=O) groups excluding carboxylic acids is 4. The van der Waals surface area contributed by atoms with Crippen molar-refractivity contribution in [3.05, 3.63) is 135 Å². The van der Waals surface area contributed by atoms with Gasteiger partial charge in [0.05, 0.1) is 11.1 Å². The Morgan fingerprint density at radius 2 is 1.45 bits per heavy atom. The molecule has 0 saturated heterocycles. The number of halogens is 2. The van der Waals surface area contributed by atoms with Crippen molar-refractivity contribution in [1.29, 1.82) is 0 Å². The van der Waals surface area contributed by atoms with E-state index in [2.05, 4.69) is 10.6 Å². The van der Waals surface area contributed by atoms with Gasteiger partial charge in [0.1, 0.15) is 5.70 Å². The Hall–Kier alpha value is -4.37. The summed E-state index contributed by atoms with van der Waals surface area (Å²) in [6, 6.07) is 27.3. The van der Waals surface area contributed by atoms with Crippen LogP contribution in [-0.4, -0.2) is 40.8 Å². The van der Waals surface area contributed by atoms with Crippen molar-refractivity contribution in [1.82, 2.24) is 10.2 Å². The Morgan fingerprint density at radius 1 is 0.810 bits per heavy atom. The van der Waals surface area contributed by atoms with E-state index in [1.54, 1.807) is 84.9 Å². The number of nitrogens with one attached hydrogen (secondary N) is 2. The lowest BCUT2D eigenvalue weighted by atomic mass is 10.1. The smallest absolute Gasteiger partial charge is 0.272 e. The number of thioether (sulfide) groups is 1. The van der Waals surface area contributed by atoms with Crippen LogP contribution >= 0.6 is 35.0 Å². The summed E-state index contributed by atoms with van der Waals surface area (Å²) in [4.78, 5) is 53.4. The number of carbonyl (C=O) groups is 4. The van der Waals surface area contributed by atoms with Crippen LogP contribution in [0.15, 0.2) is 108 Å². The zero-order valence-corrected chi connectivity index (χ0v) is 24.3. The lowest BCUT2D eigenvalue weighted by Gasteiger charge is -2.14. The third kappa shape index (κ3) is 6.74. The van der Waals surface area contributed by atoms with Gasteiger partial charge in [-0.2, -0.15) is 0 Å². The average molecular weight is 617 g/mol. The summed E-state index contributed by atoms with van der Waals surface area (Å²) >= 11 is 13.8. The van der Waals surface area contributed by atoms with Crippen LogP contribution in [-0.2, 0) is 4.79 Å². The van der Waals surface area contributed by atoms with Crippen LogP contribution in [0.25, 0.3) is 6.08 Å². The monoisotopic (exact) mass is 615 g/mol. The molecule has 0 spiro atoms. The molecule has 7 nitrogen and oxygen atoms in total. The molecule has 5 rings (SSSR count). The maximum Gasteiger partial charge on any atom is 0.272 e. The Labute approximate surface area is 256 Å². The minimum atomic E-state index is -0.545. The number of fused-ring (bicyclic) bond motifs is 1. The Balaban J connectivity index is 1.24.